The molecule has 30 heavy (non-hydrogen) atoms. The van der Waals surface area contributed by atoms with Gasteiger partial charge in [0.1, 0.15) is 5.75 Å². The molecule has 0 radical (unpaired) electrons. The van der Waals surface area contributed by atoms with Gasteiger partial charge < -0.3 is 4.74 Å². The zero-order valence-electron chi connectivity index (χ0n) is 16.5. The average molecular weight is 453 g/mol. The largest absolute Gasteiger partial charge is 0.426 e. The molecular formula is C20H21ClN2O6S. The summed E-state index contributed by atoms with van der Waals surface area (Å²) < 4.78 is 32.7. The van der Waals surface area contributed by atoms with Crippen molar-refractivity contribution in [2.24, 2.45) is 5.92 Å². The highest BCUT2D eigenvalue weighted by Gasteiger charge is 2.34. The van der Waals surface area contributed by atoms with E-state index in [1.54, 1.807) is 32.0 Å². The second kappa shape index (κ2) is 8.71. The number of nitro groups is 1. The van der Waals surface area contributed by atoms with Crippen molar-refractivity contribution in [2.45, 2.75) is 31.6 Å². The number of sulfonamides is 1. The van der Waals surface area contributed by atoms with Gasteiger partial charge in [-0.2, -0.15) is 4.31 Å². The number of carbonyl (C=O) groups excluding carboxylic acids is 1. The summed E-state index contributed by atoms with van der Waals surface area (Å²) >= 11 is 5.91. The first-order valence-electron chi connectivity index (χ1n) is 9.32. The Labute approximate surface area is 179 Å². The summed E-state index contributed by atoms with van der Waals surface area (Å²) in [6, 6.07) is 8.72. The third-order valence-corrected chi connectivity index (χ3v) is 7.41. The fourth-order valence-corrected chi connectivity index (χ4v) is 5.31. The van der Waals surface area contributed by atoms with Crippen molar-refractivity contribution >= 4 is 33.3 Å². The fraction of sp³-hybridized carbons (Fsp3) is 0.350. The first-order chi connectivity index (χ1) is 14.1. The maximum atomic E-state index is 13.0. The molecule has 0 bridgehead atoms. The predicted molar refractivity (Wildman–Crippen MR) is 111 cm³/mol. The standard InChI is InChI=1S/C20H21ClN2O6S/c1-13-3-5-17(23(25)26)12-19(13)30(27,28)22-9-7-15(8-10-22)20(24)29-18-6-4-16(21)11-14(18)2/h3-6,11-12,15H,7-10H2,1-2H3. The molecule has 2 aromatic rings. The van der Waals surface area contributed by atoms with Gasteiger partial charge in [0.25, 0.3) is 5.69 Å². The molecule has 0 aliphatic carbocycles. The van der Waals surface area contributed by atoms with Crippen LogP contribution in [0.15, 0.2) is 41.3 Å². The number of nitro benzene ring substituents is 1. The maximum Gasteiger partial charge on any atom is 0.314 e. The molecule has 1 aliphatic heterocycles. The van der Waals surface area contributed by atoms with E-state index in [4.69, 9.17) is 16.3 Å². The first kappa shape index (κ1) is 22.2. The highest BCUT2D eigenvalue weighted by atomic mass is 35.5. The minimum Gasteiger partial charge on any atom is -0.426 e. The SMILES string of the molecule is Cc1cc(Cl)ccc1OC(=O)C1CCN(S(=O)(=O)c2cc([N+](=O)[O-])ccc2C)CC1. The summed E-state index contributed by atoms with van der Waals surface area (Å²) in [7, 11) is -3.91. The molecule has 0 N–H and O–H groups in total. The van der Waals surface area contributed by atoms with Gasteiger partial charge in [0.2, 0.25) is 10.0 Å². The molecule has 0 unspecified atom stereocenters. The van der Waals surface area contributed by atoms with Gasteiger partial charge in [-0.05, 0) is 56.0 Å². The number of piperidine rings is 1. The van der Waals surface area contributed by atoms with Crippen LogP contribution in [0.3, 0.4) is 0 Å². The molecule has 0 amide bonds. The Morgan fingerprint density at radius 3 is 2.40 bits per heavy atom. The van der Waals surface area contributed by atoms with E-state index in [1.807, 2.05) is 0 Å². The number of non-ortho nitro benzene ring substituents is 1. The monoisotopic (exact) mass is 452 g/mol. The molecule has 0 aromatic heterocycles. The highest BCUT2D eigenvalue weighted by Crippen LogP contribution is 2.29. The smallest absolute Gasteiger partial charge is 0.314 e. The van der Waals surface area contributed by atoms with Crippen LogP contribution in [0.2, 0.25) is 5.02 Å². The van der Waals surface area contributed by atoms with Gasteiger partial charge in [-0.1, -0.05) is 17.7 Å². The summed E-state index contributed by atoms with van der Waals surface area (Å²) in [5.41, 5.74) is 0.883. The van der Waals surface area contributed by atoms with Gasteiger partial charge in [0.05, 0.1) is 15.7 Å². The lowest BCUT2D eigenvalue weighted by Gasteiger charge is -2.30. The number of hydrogen-bond acceptors (Lipinski definition) is 6. The van der Waals surface area contributed by atoms with Crippen molar-refractivity contribution < 1.29 is 22.9 Å². The Bertz CT molecular complexity index is 1090. The molecule has 0 spiro atoms. The number of esters is 1. The highest BCUT2D eigenvalue weighted by molar-refractivity contribution is 7.89. The van der Waals surface area contributed by atoms with Crippen molar-refractivity contribution in [1.29, 1.82) is 0 Å². The molecule has 1 heterocycles. The number of carbonyl (C=O) groups is 1. The Balaban J connectivity index is 1.69. The van der Waals surface area contributed by atoms with Crippen molar-refractivity contribution in [2.75, 3.05) is 13.1 Å². The second-order valence-electron chi connectivity index (χ2n) is 7.22. The van der Waals surface area contributed by atoms with Gasteiger partial charge >= 0.3 is 5.97 Å². The second-order valence-corrected chi connectivity index (χ2v) is 9.56. The number of halogens is 1. The van der Waals surface area contributed by atoms with Crippen LogP contribution >= 0.6 is 11.6 Å². The Kier molecular flexibility index (Phi) is 6.44. The zero-order chi connectivity index (χ0) is 22.1. The number of hydrogen-bond donors (Lipinski definition) is 0. The molecule has 8 nitrogen and oxygen atoms in total. The first-order valence-corrected chi connectivity index (χ1v) is 11.1. The molecule has 160 valence electrons. The van der Waals surface area contributed by atoms with E-state index < -0.39 is 26.8 Å². The summed E-state index contributed by atoms with van der Waals surface area (Å²) in [6.45, 7) is 3.63. The topological polar surface area (TPSA) is 107 Å². The normalized spacial score (nSPS) is 15.7. The Morgan fingerprint density at radius 1 is 1.13 bits per heavy atom. The zero-order valence-corrected chi connectivity index (χ0v) is 18.1. The van der Waals surface area contributed by atoms with Gasteiger partial charge in [-0.15, -0.1) is 0 Å². The van der Waals surface area contributed by atoms with Crippen molar-refractivity contribution in [1.82, 2.24) is 4.31 Å². The summed E-state index contributed by atoms with van der Waals surface area (Å²) in [5, 5.41) is 11.6. The van der Waals surface area contributed by atoms with Crippen LogP contribution in [-0.2, 0) is 14.8 Å². The fourth-order valence-electron chi connectivity index (χ4n) is 3.37. The summed E-state index contributed by atoms with van der Waals surface area (Å²) in [4.78, 5) is 22.8. The lowest BCUT2D eigenvalue weighted by atomic mass is 9.98. The van der Waals surface area contributed by atoms with Gasteiger partial charge in [-0.25, -0.2) is 8.42 Å². The van der Waals surface area contributed by atoms with E-state index in [9.17, 15) is 23.3 Å². The lowest BCUT2D eigenvalue weighted by molar-refractivity contribution is -0.385. The van der Waals surface area contributed by atoms with E-state index in [2.05, 4.69) is 0 Å². The van der Waals surface area contributed by atoms with Crippen LogP contribution in [0, 0.1) is 29.9 Å². The van der Waals surface area contributed by atoms with Gasteiger partial charge in [-0.3, -0.25) is 14.9 Å². The van der Waals surface area contributed by atoms with Crippen LogP contribution in [0.4, 0.5) is 5.69 Å². The van der Waals surface area contributed by atoms with Crippen LogP contribution in [0.25, 0.3) is 0 Å². The molecule has 0 saturated carbocycles. The summed E-state index contributed by atoms with van der Waals surface area (Å²) in [5.74, 6) is -0.423. The van der Waals surface area contributed by atoms with Crippen molar-refractivity contribution in [3.05, 3.63) is 62.7 Å². The minimum atomic E-state index is -3.91. The van der Waals surface area contributed by atoms with Gasteiger partial charge in [0.15, 0.2) is 0 Å². The number of aryl methyl sites for hydroxylation is 2. The Hall–Kier alpha value is -2.49. The lowest BCUT2D eigenvalue weighted by Crippen LogP contribution is -2.41. The average Bonchev–Trinajstić information content (AvgIpc) is 2.70. The number of ether oxygens (including phenoxy) is 1. The molecular weight excluding hydrogens is 432 g/mol. The van der Waals surface area contributed by atoms with Crippen LogP contribution < -0.4 is 4.74 Å². The molecule has 1 fully saturated rings. The number of rotatable bonds is 5. The van der Waals surface area contributed by atoms with Crippen molar-refractivity contribution in [3.63, 3.8) is 0 Å². The van der Waals surface area contributed by atoms with Crippen LogP contribution in [0.5, 0.6) is 5.75 Å². The molecule has 3 rings (SSSR count). The quantitative estimate of drug-likeness (QED) is 0.295. The number of nitrogens with zero attached hydrogens (tertiary/aromatic N) is 2. The van der Waals surface area contributed by atoms with E-state index >= 15 is 0 Å². The van der Waals surface area contributed by atoms with E-state index in [0.29, 0.717) is 29.2 Å². The van der Waals surface area contributed by atoms with Crippen LogP contribution in [0.1, 0.15) is 24.0 Å². The van der Waals surface area contributed by atoms with Crippen LogP contribution in [-0.4, -0.2) is 36.7 Å². The minimum absolute atomic E-state index is 0.0884. The third-order valence-electron chi connectivity index (χ3n) is 5.14. The molecule has 1 aliphatic rings. The Morgan fingerprint density at radius 2 is 1.80 bits per heavy atom. The van der Waals surface area contributed by atoms with E-state index in [-0.39, 0.29) is 23.7 Å². The maximum absolute atomic E-state index is 13.0. The summed E-state index contributed by atoms with van der Waals surface area (Å²) in [6.07, 6.45) is 0.608. The van der Waals surface area contributed by atoms with E-state index in [1.165, 1.54) is 16.4 Å². The molecule has 10 heteroatoms. The molecule has 1 saturated heterocycles. The van der Waals surface area contributed by atoms with Gasteiger partial charge in [0, 0.05) is 30.2 Å². The van der Waals surface area contributed by atoms with E-state index in [0.717, 1.165) is 11.6 Å². The molecule has 2 aromatic carbocycles. The third kappa shape index (κ3) is 4.63. The number of benzene rings is 2. The predicted octanol–water partition coefficient (Wildman–Crippen LogP) is 3.87. The van der Waals surface area contributed by atoms with Crippen molar-refractivity contribution in [3.8, 4) is 5.75 Å². The molecule has 0 atom stereocenters.